The quantitative estimate of drug-likeness (QED) is 0.524. The standard InChI is InChI=1S/C18H27BrN2O2/c1-15(21-11-2-3-12-21)16-6-4-7-17(14-16)23-13-5-10-20-18(22)8-9-19/h4,6-7,14-15H,2-3,5,8-13H2,1H3,(H,20,22). The second-order valence-corrected chi connectivity index (χ2v) is 6.78. The predicted molar refractivity (Wildman–Crippen MR) is 97.2 cm³/mol. The minimum Gasteiger partial charge on any atom is -0.494 e. The molecular weight excluding hydrogens is 356 g/mol. The van der Waals surface area contributed by atoms with Crippen LogP contribution in [0.2, 0.25) is 0 Å². The molecule has 1 amide bonds. The fourth-order valence-electron chi connectivity index (χ4n) is 2.87. The van der Waals surface area contributed by atoms with E-state index < -0.39 is 0 Å². The van der Waals surface area contributed by atoms with Gasteiger partial charge in [-0.3, -0.25) is 9.69 Å². The average Bonchev–Trinajstić information content (AvgIpc) is 3.09. The first kappa shape index (κ1) is 18.3. The second kappa shape index (κ2) is 9.93. The number of hydrogen-bond donors (Lipinski definition) is 1. The van der Waals surface area contributed by atoms with Crippen molar-refractivity contribution in [1.29, 1.82) is 0 Å². The number of benzene rings is 1. The highest BCUT2D eigenvalue weighted by atomic mass is 79.9. The van der Waals surface area contributed by atoms with Crippen molar-refractivity contribution in [3.8, 4) is 5.75 Å². The first-order chi connectivity index (χ1) is 11.2. The number of hydrogen-bond acceptors (Lipinski definition) is 3. The summed E-state index contributed by atoms with van der Waals surface area (Å²) in [5.74, 6) is 1.00. The molecule has 1 fully saturated rings. The van der Waals surface area contributed by atoms with Gasteiger partial charge in [0, 0.05) is 24.3 Å². The van der Waals surface area contributed by atoms with E-state index in [2.05, 4.69) is 51.3 Å². The average molecular weight is 383 g/mol. The van der Waals surface area contributed by atoms with E-state index in [1.54, 1.807) is 0 Å². The molecule has 128 valence electrons. The molecule has 1 heterocycles. The summed E-state index contributed by atoms with van der Waals surface area (Å²) < 4.78 is 5.82. The maximum Gasteiger partial charge on any atom is 0.220 e. The third-order valence-corrected chi connectivity index (χ3v) is 4.66. The van der Waals surface area contributed by atoms with Gasteiger partial charge in [0.2, 0.25) is 5.91 Å². The molecule has 4 nitrogen and oxygen atoms in total. The van der Waals surface area contributed by atoms with Crippen molar-refractivity contribution in [3.05, 3.63) is 29.8 Å². The van der Waals surface area contributed by atoms with E-state index in [1.165, 1.54) is 31.5 Å². The molecule has 1 atom stereocenters. The van der Waals surface area contributed by atoms with Crippen LogP contribution in [0.15, 0.2) is 24.3 Å². The number of halogens is 1. The zero-order chi connectivity index (χ0) is 16.5. The Morgan fingerprint density at radius 1 is 1.39 bits per heavy atom. The monoisotopic (exact) mass is 382 g/mol. The summed E-state index contributed by atoms with van der Waals surface area (Å²) >= 11 is 3.26. The van der Waals surface area contributed by atoms with E-state index in [-0.39, 0.29) is 5.91 Å². The molecule has 0 bridgehead atoms. The zero-order valence-electron chi connectivity index (χ0n) is 13.9. The van der Waals surface area contributed by atoms with Crippen LogP contribution >= 0.6 is 15.9 Å². The molecule has 0 aromatic heterocycles. The number of rotatable bonds is 9. The summed E-state index contributed by atoms with van der Waals surface area (Å²) in [5, 5.41) is 3.59. The topological polar surface area (TPSA) is 41.6 Å². The molecule has 1 saturated heterocycles. The lowest BCUT2D eigenvalue weighted by Gasteiger charge is -2.24. The number of nitrogens with one attached hydrogen (secondary N) is 1. The van der Waals surface area contributed by atoms with Crippen LogP contribution in [0.1, 0.15) is 44.2 Å². The summed E-state index contributed by atoms with van der Waals surface area (Å²) in [6.07, 6.45) is 3.96. The van der Waals surface area contributed by atoms with Crippen molar-refractivity contribution < 1.29 is 9.53 Å². The number of carbonyl (C=O) groups excluding carboxylic acids is 1. The molecule has 1 aromatic carbocycles. The molecule has 1 unspecified atom stereocenters. The van der Waals surface area contributed by atoms with Crippen molar-refractivity contribution in [2.45, 2.75) is 38.6 Å². The first-order valence-corrected chi connectivity index (χ1v) is 9.62. The Labute approximate surface area is 147 Å². The number of ether oxygens (including phenoxy) is 1. The van der Waals surface area contributed by atoms with Gasteiger partial charge in [-0.05, 0) is 57.0 Å². The first-order valence-electron chi connectivity index (χ1n) is 8.50. The summed E-state index contributed by atoms with van der Waals surface area (Å²) in [6, 6.07) is 8.84. The van der Waals surface area contributed by atoms with E-state index in [4.69, 9.17) is 4.74 Å². The Hall–Kier alpha value is -1.07. The van der Waals surface area contributed by atoms with Crippen LogP contribution < -0.4 is 10.1 Å². The lowest BCUT2D eigenvalue weighted by Crippen LogP contribution is -2.25. The summed E-state index contributed by atoms with van der Waals surface area (Å²) in [4.78, 5) is 13.9. The highest BCUT2D eigenvalue weighted by molar-refractivity contribution is 9.09. The molecule has 23 heavy (non-hydrogen) atoms. The highest BCUT2D eigenvalue weighted by Gasteiger charge is 2.19. The molecule has 0 radical (unpaired) electrons. The van der Waals surface area contributed by atoms with Crippen LogP contribution in [0.25, 0.3) is 0 Å². The summed E-state index contributed by atoms with van der Waals surface area (Å²) in [6.45, 7) is 5.94. The third-order valence-electron chi connectivity index (χ3n) is 4.26. The Morgan fingerprint density at radius 2 is 2.17 bits per heavy atom. The molecule has 1 aliphatic rings. The van der Waals surface area contributed by atoms with Crippen molar-refractivity contribution in [2.75, 3.05) is 31.6 Å². The predicted octanol–water partition coefficient (Wildman–Crippen LogP) is 3.51. The SMILES string of the molecule is CC(c1cccc(OCCCNC(=O)CCBr)c1)N1CCCC1. The van der Waals surface area contributed by atoms with E-state index in [9.17, 15) is 4.79 Å². The van der Waals surface area contributed by atoms with Crippen LogP contribution in [0.4, 0.5) is 0 Å². The highest BCUT2D eigenvalue weighted by Crippen LogP contribution is 2.26. The van der Waals surface area contributed by atoms with Gasteiger partial charge in [0.15, 0.2) is 0 Å². The van der Waals surface area contributed by atoms with Gasteiger partial charge < -0.3 is 10.1 Å². The van der Waals surface area contributed by atoms with Crippen molar-refractivity contribution in [2.24, 2.45) is 0 Å². The van der Waals surface area contributed by atoms with Gasteiger partial charge in [-0.1, -0.05) is 28.1 Å². The second-order valence-electron chi connectivity index (χ2n) is 5.98. The summed E-state index contributed by atoms with van der Waals surface area (Å²) in [7, 11) is 0. The van der Waals surface area contributed by atoms with Crippen molar-refractivity contribution >= 4 is 21.8 Å². The molecule has 1 aliphatic heterocycles. The number of likely N-dealkylation sites (tertiary alicyclic amines) is 1. The van der Waals surface area contributed by atoms with Gasteiger partial charge in [-0.15, -0.1) is 0 Å². The lowest BCUT2D eigenvalue weighted by atomic mass is 10.1. The van der Waals surface area contributed by atoms with E-state index in [0.717, 1.165) is 12.2 Å². The van der Waals surface area contributed by atoms with E-state index >= 15 is 0 Å². The van der Waals surface area contributed by atoms with Gasteiger partial charge in [-0.2, -0.15) is 0 Å². The van der Waals surface area contributed by atoms with Crippen LogP contribution in [0.5, 0.6) is 5.75 Å². The molecule has 5 heteroatoms. The van der Waals surface area contributed by atoms with Gasteiger partial charge in [0.25, 0.3) is 0 Å². The number of carbonyl (C=O) groups is 1. The molecule has 0 spiro atoms. The molecule has 2 rings (SSSR count). The van der Waals surface area contributed by atoms with Crippen LogP contribution in [0.3, 0.4) is 0 Å². The lowest BCUT2D eigenvalue weighted by molar-refractivity contribution is -0.120. The molecule has 0 saturated carbocycles. The zero-order valence-corrected chi connectivity index (χ0v) is 15.5. The minimum absolute atomic E-state index is 0.0864. The Kier molecular flexibility index (Phi) is 7.89. The Bertz CT molecular complexity index is 490. The number of amides is 1. The molecule has 0 aliphatic carbocycles. The maximum absolute atomic E-state index is 11.3. The van der Waals surface area contributed by atoms with Gasteiger partial charge >= 0.3 is 0 Å². The van der Waals surface area contributed by atoms with Crippen molar-refractivity contribution in [3.63, 3.8) is 0 Å². The largest absolute Gasteiger partial charge is 0.494 e. The Balaban J connectivity index is 1.73. The normalized spacial score (nSPS) is 16.3. The smallest absolute Gasteiger partial charge is 0.220 e. The number of nitrogens with zero attached hydrogens (tertiary/aromatic N) is 1. The Morgan fingerprint density at radius 3 is 2.91 bits per heavy atom. The van der Waals surface area contributed by atoms with Gasteiger partial charge in [0.05, 0.1) is 6.61 Å². The van der Waals surface area contributed by atoms with Crippen LogP contribution in [-0.2, 0) is 4.79 Å². The van der Waals surface area contributed by atoms with Gasteiger partial charge in [0.1, 0.15) is 5.75 Å². The fourth-order valence-corrected chi connectivity index (χ4v) is 3.23. The van der Waals surface area contributed by atoms with Crippen molar-refractivity contribution in [1.82, 2.24) is 10.2 Å². The molecular formula is C18H27BrN2O2. The molecule has 1 N–H and O–H groups in total. The van der Waals surface area contributed by atoms with Crippen LogP contribution in [0, 0.1) is 0 Å². The van der Waals surface area contributed by atoms with Gasteiger partial charge in [-0.25, -0.2) is 0 Å². The fraction of sp³-hybridized carbons (Fsp3) is 0.611. The van der Waals surface area contributed by atoms with E-state index in [0.29, 0.717) is 30.9 Å². The number of alkyl halides is 1. The third kappa shape index (κ3) is 6.15. The van der Waals surface area contributed by atoms with E-state index in [1.807, 2.05) is 6.07 Å². The maximum atomic E-state index is 11.3. The van der Waals surface area contributed by atoms with Crippen LogP contribution in [-0.4, -0.2) is 42.4 Å². The summed E-state index contributed by atoms with van der Waals surface area (Å²) in [5.41, 5.74) is 1.31. The molecule has 1 aromatic rings. The minimum atomic E-state index is 0.0864.